The highest BCUT2D eigenvalue weighted by molar-refractivity contribution is 7.89. The Morgan fingerprint density at radius 3 is 2.70 bits per heavy atom. The van der Waals surface area contributed by atoms with Gasteiger partial charge in [-0.05, 0) is 24.6 Å². The molecule has 20 heavy (non-hydrogen) atoms. The van der Waals surface area contributed by atoms with Gasteiger partial charge in [-0.2, -0.15) is 4.31 Å². The van der Waals surface area contributed by atoms with Gasteiger partial charge in [0, 0.05) is 13.6 Å². The van der Waals surface area contributed by atoms with Crippen molar-refractivity contribution in [1.82, 2.24) is 4.31 Å². The number of hydrogen-bond acceptors (Lipinski definition) is 4. The molecular formula is C12H16FNO5S. The van der Waals surface area contributed by atoms with Crippen LogP contribution in [-0.2, 0) is 19.6 Å². The van der Waals surface area contributed by atoms with Gasteiger partial charge >= 0.3 is 5.97 Å². The summed E-state index contributed by atoms with van der Waals surface area (Å²) in [4.78, 5) is 10.1. The van der Waals surface area contributed by atoms with Crippen molar-refractivity contribution in [3.8, 4) is 0 Å². The summed E-state index contributed by atoms with van der Waals surface area (Å²) in [6.07, 6.45) is 0. The number of benzene rings is 1. The SMILES string of the molecule is Cc1ccc(F)cc1S(=O)(=O)N(C)CCOCC(=O)O. The zero-order valence-corrected chi connectivity index (χ0v) is 12.0. The molecule has 0 heterocycles. The van der Waals surface area contributed by atoms with Gasteiger partial charge in [0.25, 0.3) is 0 Å². The molecule has 0 aliphatic heterocycles. The molecule has 0 spiro atoms. The Hall–Kier alpha value is -1.51. The van der Waals surface area contributed by atoms with Crippen molar-refractivity contribution >= 4 is 16.0 Å². The van der Waals surface area contributed by atoms with Crippen molar-refractivity contribution < 1.29 is 27.4 Å². The van der Waals surface area contributed by atoms with Gasteiger partial charge in [0.1, 0.15) is 12.4 Å². The summed E-state index contributed by atoms with van der Waals surface area (Å²) in [6, 6.07) is 3.53. The van der Waals surface area contributed by atoms with Gasteiger partial charge in [-0.15, -0.1) is 0 Å². The summed E-state index contributed by atoms with van der Waals surface area (Å²) in [5.74, 6) is -1.76. The molecule has 1 aromatic carbocycles. The third-order valence-corrected chi connectivity index (χ3v) is 4.61. The highest BCUT2D eigenvalue weighted by Gasteiger charge is 2.23. The summed E-state index contributed by atoms with van der Waals surface area (Å²) >= 11 is 0. The van der Waals surface area contributed by atoms with Crippen molar-refractivity contribution in [2.75, 3.05) is 26.8 Å². The van der Waals surface area contributed by atoms with Crippen LogP contribution in [0.15, 0.2) is 23.1 Å². The number of aryl methyl sites for hydroxylation is 1. The van der Waals surface area contributed by atoms with Gasteiger partial charge < -0.3 is 9.84 Å². The van der Waals surface area contributed by atoms with E-state index < -0.39 is 28.4 Å². The van der Waals surface area contributed by atoms with E-state index in [9.17, 15) is 17.6 Å². The lowest BCUT2D eigenvalue weighted by Gasteiger charge is -2.18. The predicted octanol–water partition coefficient (Wildman–Crippen LogP) is 0.856. The van der Waals surface area contributed by atoms with Crippen LogP contribution in [0.1, 0.15) is 5.56 Å². The molecule has 0 bridgehead atoms. The molecular weight excluding hydrogens is 289 g/mol. The van der Waals surface area contributed by atoms with Crippen molar-refractivity contribution in [2.24, 2.45) is 0 Å². The van der Waals surface area contributed by atoms with E-state index >= 15 is 0 Å². The number of halogens is 1. The predicted molar refractivity (Wildman–Crippen MR) is 69.4 cm³/mol. The first-order valence-electron chi connectivity index (χ1n) is 5.77. The second-order valence-corrected chi connectivity index (χ2v) is 6.20. The lowest BCUT2D eigenvalue weighted by atomic mass is 10.2. The fourth-order valence-corrected chi connectivity index (χ4v) is 2.88. The van der Waals surface area contributed by atoms with Gasteiger partial charge in [-0.3, -0.25) is 0 Å². The zero-order chi connectivity index (χ0) is 15.3. The molecule has 6 nitrogen and oxygen atoms in total. The van der Waals surface area contributed by atoms with Gasteiger partial charge in [-0.1, -0.05) is 6.07 Å². The molecule has 1 aromatic rings. The lowest BCUT2D eigenvalue weighted by Crippen LogP contribution is -2.31. The van der Waals surface area contributed by atoms with Crippen LogP contribution in [0.2, 0.25) is 0 Å². The van der Waals surface area contributed by atoms with E-state index in [-0.39, 0.29) is 18.0 Å². The molecule has 0 atom stereocenters. The standard InChI is InChI=1S/C12H16FNO5S/c1-9-3-4-10(13)7-11(9)20(17,18)14(2)5-6-19-8-12(15)16/h3-4,7H,5-6,8H2,1-2H3,(H,15,16). The van der Waals surface area contributed by atoms with E-state index in [1.165, 1.54) is 19.2 Å². The summed E-state index contributed by atoms with van der Waals surface area (Å²) in [6.45, 7) is 0.996. The Bertz CT molecular complexity index is 588. The monoisotopic (exact) mass is 305 g/mol. The van der Waals surface area contributed by atoms with Crippen LogP contribution >= 0.6 is 0 Å². The molecule has 0 saturated heterocycles. The first-order valence-corrected chi connectivity index (χ1v) is 7.21. The third kappa shape index (κ3) is 4.26. The number of likely N-dealkylation sites (N-methyl/N-ethyl adjacent to an activating group) is 1. The van der Waals surface area contributed by atoms with E-state index in [2.05, 4.69) is 0 Å². The molecule has 1 N–H and O–H groups in total. The van der Waals surface area contributed by atoms with Crippen molar-refractivity contribution in [2.45, 2.75) is 11.8 Å². The number of aliphatic carboxylic acids is 1. The average Bonchev–Trinajstić information content (AvgIpc) is 2.36. The second-order valence-electron chi connectivity index (χ2n) is 4.18. The van der Waals surface area contributed by atoms with E-state index in [4.69, 9.17) is 9.84 Å². The summed E-state index contributed by atoms with van der Waals surface area (Å²) < 4.78 is 43.4. The van der Waals surface area contributed by atoms with E-state index in [1.807, 2.05) is 0 Å². The van der Waals surface area contributed by atoms with Gasteiger partial charge in [-0.25, -0.2) is 17.6 Å². The first kappa shape index (κ1) is 16.5. The molecule has 0 aromatic heterocycles. The number of carboxylic acids is 1. The molecule has 112 valence electrons. The van der Waals surface area contributed by atoms with E-state index in [0.717, 1.165) is 10.4 Å². The number of hydrogen-bond donors (Lipinski definition) is 1. The van der Waals surface area contributed by atoms with Crippen molar-refractivity contribution in [1.29, 1.82) is 0 Å². The number of rotatable bonds is 7. The minimum absolute atomic E-state index is 0.0223. The fourth-order valence-electron chi connectivity index (χ4n) is 1.49. The van der Waals surface area contributed by atoms with Crippen LogP contribution < -0.4 is 0 Å². The van der Waals surface area contributed by atoms with Crippen molar-refractivity contribution in [3.63, 3.8) is 0 Å². The minimum Gasteiger partial charge on any atom is -0.480 e. The van der Waals surface area contributed by atoms with Crippen LogP contribution in [0.3, 0.4) is 0 Å². The van der Waals surface area contributed by atoms with E-state index in [1.54, 1.807) is 6.92 Å². The quantitative estimate of drug-likeness (QED) is 0.755. The largest absolute Gasteiger partial charge is 0.480 e. The molecule has 8 heteroatoms. The second kappa shape index (κ2) is 6.78. The number of ether oxygens (including phenoxy) is 1. The highest BCUT2D eigenvalue weighted by Crippen LogP contribution is 2.19. The summed E-state index contributed by atoms with van der Waals surface area (Å²) in [5.41, 5.74) is 0.435. The van der Waals surface area contributed by atoms with Crippen LogP contribution in [0, 0.1) is 12.7 Å². The van der Waals surface area contributed by atoms with E-state index in [0.29, 0.717) is 5.56 Å². The maximum absolute atomic E-state index is 13.2. The number of carboxylic acid groups (broad SMARTS) is 1. The highest BCUT2D eigenvalue weighted by atomic mass is 32.2. The number of carbonyl (C=O) groups is 1. The Balaban J connectivity index is 2.77. The maximum Gasteiger partial charge on any atom is 0.329 e. The summed E-state index contributed by atoms with van der Waals surface area (Å²) in [5, 5.41) is 8.38. The maximum atomic E-state index is 13.2. The summed E-state index contributed by atoms with van der Waals surface area (Å²) in [7, 11) is -2.50. The smallest absolute Gasteiger partial charge is 0.329 e. The molecule has 0 fully saturated rings. The number of nitrogens with zero attached hydrogens (tertiary/aromatic N) is 1. The Morgan fingerprint density at radius 1 is 1.45 bits per heavy atom. The molecule has 0 amide bonds. The van der Waals surface area contributed by atoms with Crippen LogP contribution in [0.5, 0.6) is 0 Å². The molecule has 0 aliphatic carbocycles. The molecule has 0 aliphatic rings. The Kier molecular flexibility index (Phi) is 5.61. The molecule has 0 radical (unpaired) electrons. The molecule has 1 rings (SSSR count). The van der Waals surface area contributed by atoms with Gasteiger partial charge in [0.05, 0.1) is 11.5 Å². The zero-order valence-electron chi connectivity index (χ0n) is 11.2. The van der Waals surface area contributed by atoms with Crippen LogP contribution in [-0.4, -0.2) is 50.6 Å². The van der Waals surface area contributed by atoms with Gasteiger partial charge in [0.15, 0.2) is 0 Å². The first-order chi connectivity index (χ1) is 9.25. The minimum atomic E-state index is -3.83. The van der Waals surface area contributed by atoms with Crippen LogP contribution in [0.4, 0.5) is 4.39 Å². The molecule has 0 saturated carbocycles. The topological polar surface area (TPSA) is 83.9 Å². The lowest BCUT2D eigenvalue weighted by molar-refractivity contribution is -0.142. The van der Waals surface area contributed by atoms with Gasteiger partial charge in [0.2, 0.25) is 10.0 Å². The molecule has 0 unspecified atom stereocenters. The Morgan fingerprint density at radius 2 is 2.10 bits per heavy atom. The number of sulfonamides is 1. The fraction of sp³-hybridized carbons (Fsp3) is 0.417. The third-order valence-electron chi connectivity index (χ3n) is 2.61. The Labute approximate surface area is 116 Å². The average molecular weight is 305 g/mol. The van der Waals surface area contributed by atoms with Crippen molar-refractivity contribution in [3.05, 3.63) is 29.6 Å². The normalized spacial score (nSPS) is 11.8. The van der Waals surface area contributed by atoms with Crippen LogP contribution in [0.25, 0.3) is 0 Å².